The monoisotopic (exact) mass is 367 g/mol. The number of nitrogens with zero attached hydrogens (tertiary/aromatic N) is 3. The molecule has 138 valence electrons. The molecule has 1 aromatic rings. The van der Waals surface area contributed by atoms with Gasteiger partial charge in [0.05, 0.1) is 17.5 Å². The number of likely N-dealkylation sites (N-methyl/N-ethyl adjacent to an activating group) is 1. The van der Waals surface area contributed by atoms with Crippen LogP contribution in [0.2, 0.25) is 0 Å². The lowest BCUT2D eigenvalue weighted by molar-refractivity contribution is -0.145. The fourth-order valence-electron chi connectivity index (χ4n) is 2.66. The summed E-state index contributed by atoms with van der Waals surface area (Å²) in [5.41, 5.74) is 0.237. The van der Waals surface area contributed by atoms with Crippen molar-refractivity contribution in [3.8, 4) is 0 Å². The third-order valence-corrected chi connectivity index (χ3v) is 5.55. The zero-order chi connectivity index (χ0) is 18.8. The van der Waals surface area contributed by atoms with Crippen LogP contribution in [0.15, 0.2) is 5.38 Å². The predicted octanol–water partition coefficient (Wildman–Crippen LogP) is 1.84. The average Bonchev–Trinajstić information content (AvgIpc) is 3.04. The Morgan fingerprint density at radius 3 is 2.40 bits per heavy atom. The summed E-state index contributed by atoms with van der Waals surface area (Å²) in [6, 6.07) is 0. The number of amides is 2. The number of hydrogen-bond donors (Lipinski definition) is 1. The fraction of sp³-hybridized carbons (Fsp3) is 0.647. The van der Waals surface area contributed by atoms with E-state index in [1.165, 1.54) is 16.2 Å². The molecule has 0 atom stereocenters. The highest BCUT2D eigenvalue weighted by Gasteiger charge is 2.28. The van der Waals surface area contributed by atoms with Gasteiger partial charge < -0.3 is 14.9 Å². The van der Waals surface area contributed by atoms with Gasteiger partial charge in [0.25, 0.3) is 5.91 Å². The third kappa shape index (κ3) is 4.78. The van der Waals surface area contributed by atoms with Crippen LogP contribution in [0.3, 0.4) is 0 Å². The van der Waals surface area contributed by atoms with E-state index in [9.17, 15) is 14.4 Å². The summed E-state index contributed by atoms with van der Waals surface area (Å²) in [4.78, 5) is 43.2. The minimum Gasteiger partial charge on any atom is -0.481 e. The molecule has 2 heterocycles. The summed E-state index contributed by atoms with van der Waals surface area (Å²) in [5, 5.41) is 11.6. The van der Waals surface area contributed by atoms with Gasteiger partial charge in [-0.05, 0) is 12.8 Å². The number of hydrogen-bond acceptors (Lipinski definition) is 5. The van der Waals surface area contributed by atoms with Crippen LogP contribution in [0.5, 0.6) is 0 Å². The number of aromatic nitrogens is 1. The zero-order valence-electron chi connectivity index (χ0n) is 15.1. The molecule has 1 saturated heterocycles. The smallest absolute Gasteiger partial charge is 0.306 e. The van der Waals surface area contributed by atoms with Crippen LogP contribution in [0.25, 0.3) is 0 Å². The molecule has 0 aromatic carbocycles. The highest BCUT2D eigenvalue weighted by molar-refractivity contribution is 7.10. The Morgan fingerprint density at radius 1 is 1.32 bits per heavy atom. The molecule has 1 aliphatic rings. The zero-order valence-corrected chi connectivity index (χ0v) is 15.9. The van der Waals surface area contributed by atoms with Gasteiger partial charge in [-0.2, -0.15) is 0 Å². The largest absolute Gasteiger partial charge is 0.481 e. The maximum atomic E-state index is 12.5. The summed E-state index contributed by atoms with van der Waals surface area (Å²) in [6.07, 6.45) is 0.916. The highest BCUT2D eigenvalue weighted by Crippen LogP contribution is 2.26. The van der Waals surface area contributed by atoms with Crippen LogP contribution in [0.1, 0.15) is 49.1 Å². The first kappa shape index (κ1) is 19.4. The van der Waals surface area contributed by atoms with Crippen LogP contribution in [-0.4, -0.2) is 64.4 Å². The van der Waals surface area contributed by atoms with E-state index in [1.807, 2.05) is 20.8 Å². The Balaban J connectivity index is 1.92. The van der Waals surface area contributed by atoms with Gasteiger partial charge in [-0.3, -0.25) is 14.4 Å². The highest BCUT2D eigenvalue weighted by atomic mass is 32.1. The minimum atomic E-state index is -0.808. The van der Waals surface area contributed by atoms with Gasteiger partial charge in [0, 0.05) is 30.9 Å². The van der Waals surface area contributed by atoms with Crippen LogP contribution in [-0.2, 0) is 15.0 Å². The molecule has 2 amide bonds. The molecule has 8 heteroatoms. The Hall–Kier alpha value is -1.96. The van der Waals surface area contributed by atoms with Gasteiger partial charge in [-0.1, -0.05) is 20.8 Å². The summed E-state index contributed by atoms with van der Waals surface area (Å²) >= 11 is 1.44. The summed E-state index contributed by atoms with van der Waals surface area (Å²) < 4.78 is 0. The van der Waals surface area contributed by atoms with Crippen molar-refractivity contribution in [3.05, 3.63) is 16.1 Å². The van der Waals surface area contributed by atoms with Gasteiger partial charge in [0.2, 0.25) is 5.91 Å². The molecule has 1 aromatic heterocycles. The lowest BCUT2D eigenvalue weighted by Crippen LogP contribution is -2.45. The van der Waals surface area contributed by atoms with Crippen molar-refractivity contribution < 1.29 is 19.5 Å². The van der Waals surface area contributed by atoms with Crippen molar-refractivity contribution in [1.82, 2.24) is 14.8 Å². The van der Waals surface area contributed by atoms with E-state index >= 15 is 0 Å². The van der Waals surface area contributed by atoms with E-state index in [-0.39, 0.29) is 29.7 Å². The maximum absolute atomic E-state index is 12.5. The van der Waals surface area contributed by atoms with Crippen molar-refractivity contribution >= 4 is 29.1 Å². The topological polar surface area (TPSA) is 90.8 Å². The van der Waals surface area contributed by atoms with Crippen molar-refractivity contribution in [2.75, 3.05) is 26.7 Å². The number of rotatable bonds is 4. The van der Waals surface area contributed by atoms with E-state index in [0.29, 0.717) is 31.6 Å². The summed E-state index contributed by atoms with van der Waals surface area (Å²) in [6.45, 7) is 6.92. The van der Waals surface area contributed by atoms with Crippen LogP contribution < -0.4 is 0 Å². The van der Waals surface area contributed by atoms with Crippen LogP contribution in [0.4, 0.5) is 0 Å². The van der Waals surface area contributed by atoms with E-state index in [1.54, 1.807) is 17.3 Å². The lowest BCUT2D eigenvalue weighted by atomic mass is 9.97. The Labute approximate surface area is 151 Å². The van der Waals surface area contributed by atoms with E-state index < -0.39 is 5.97 Å². The average molecular weight is 367 g/mol. The second-order valence-corrected chi connectivity index (χ2v) is 8.30. The van der Waals surface area contributed by atoms with E-state index in [4.69, 9.17) is 5.11 Å². The molecule has 7 nitrogen and oxygen atoms in total. The number of carbonyl (C=O) groups is 3. The summed E-state index contributed by atoms with van der Waals surface area (Å²) in [7, 11) is 1.58. The van der Waals surface area contributed by atoms with Gasteiger partial charge in [0.1, 0.15) is 5.69 Å². The van der Waals surface area contributed by atoms with Gasteiger partial charge >= 0.3 is 5.97 Å². The molecule has 0 radical (unpaired) electrons. The lowest BCUT2D eigenvalue weighted by Gasteiger charge is -2.31. The molecule has 0 aliphatic carbocycles. The predicted molar refractivity (Wildman–Crippen MR) is 94.7 cm³/mol. The van der Waals surface area contributed by atoms with Crippen LogP contribution >= 0.6 is 11.3 Å². The quantitative estimate of drug-likeness (QED) is 0.877. The SMILES string of the molecule is CN(CC(=O)N1CCC(C(=O)O)CC1)C(=O)c1csc(C(C)(C)C)n1. The number of thiazole rings is 1. The Morgan fingerprint density at radius 2 is 1.92 bits per heavy atom. The van der Waals surface area contributed by atoms with Crippen molar-refractivity contribution in [2.24, 2.45) is 5.92 Å². The first-order valence-electron chi connectivity index (χ1n) is 8.31. The van der Waals surface area contributed by atoms with Gasteiger partial charge in [-0.25, -0.2) is 4.98 Å². The fourth-order valence-corrected chi connectivity index (χ4v) is 3.54. The van der Waals surface area contributed by atoms with Crippen molar-refractivity contribution in [3.63, 3.8) is 0 Å². The van der Waals surface area contributed by atoms with E-state index in [0.717, 1.165) is 5.01 Å². The van der Waals surface area contributed by atoms with Gasteiger partial charge in [-0.15, -0.1) is 11.3 Å². The van der Waals surface area contributed by atoms with E-state index in [2.05, 4.69) is 4.98 Å². The molecule has 0 saturated carbocycles. The number of carboxylic acids is 1. The molecule has 1 N–H and O–H groups in total. The molecule has 0 bridgehead atoms. The van der Waals surface area contributed by atoms with Gasteiger partial charge in [0.15, 0.2) is 0 Å². The second-order valence-electron chi connectivity index (χ2n) is 7.44. The van der Waals surface area contributed by atoms with Crippen LogP contribution in [0, 0.1) is 5.92 Å². The number of piperidine rings is 1. The third-order valence-electron chi connectivity index (χ3n) is 4.28. The molecular weight excluding hydrogens is 342 g/mol. The Kier molecular flexibility index (Phi) is 5.82. The molecule has 0 unspecified atom stereocenters. The molecule has 2 rings (SSSR count). The molecule has 1 fully saturated rings. The first-order chi connectivity index (χ1) is 11.6. The molecule has 25 heavy (non-hydrogen) atoms. The molecule has 0 spiro atoms. The first-order valence-corrected chi connectivity index (χ1v) is 9.19. The van der Waals surface area contributed by atoms with Crippen molar-refractivity contribution in [1.29, 1.82) is 0 Å². The summed E-state index contributed by atoms with van der Waals surface area (Å²) in [5.74, 6) is -1.63. The maximum Gasteiger partial charge on any atom is 0.306 e. The molecular formula is C17H25N3O4S. The minimum absolute atomic E-state index is 0.0288. The van der Waals surface area contributed by atoms with Crippen molar-refractivity contribution in [2.45, 2.75) is 39.0 Å². The molecule has 1 aliphatic heterocycles. The second kappa shape index (κ2) is 7.51. The Bertz CT molecular complexity index is 657. The number of carboxylic acid groups (broad SMARTS) is 1. The number of aliphatic carboxylic acids is 1. The normalized spacial score (nSPS) is 15.9. The number of carbonyl (C=O) groups excluding carboxylic acids is 2. The number of likely N-dealkylation sites (tertiary alicyclic amines) is 1. The standard InChI is InChI=1S/C17H25N3O4S/c1-17(2,3)16-18-12(10-25-16)14(22)19(4)9-13(21)20-7-5-11(6-8-20)15(23)24/h10-11H,5-9H2,1-4H3,(H,23,24).